The standard InChI is InChI=1S/C8H15NO2/c1-3-6-4-7(8(10)11)9(2)5-6/h6-7H,3-5H2,1-2H3,(H,10,11)/t6-,7?/m1/s1. The Kier molecular flexibility index (Phi) is 2.49. The summed E-state index contributed by atoms with van der Waals surface area (Å²) in [6.45, 7) is 3.05. The highest BCUT2D eigenvalue weighted by atomic mass is 16.4. The number of likely N-dealkylation sites (tertiary alicyclic amines) is 1. The van der Waals surface area contributed by atoms with Crippen molar-refractivity contribution in [1.29, 1.82) is 0 Å². The molecule has 0 spiro atoms. The van der Waals surface area contributed by atoms with E-state index in [2.05, 4.69) is 6.92 Å². The Morgan fingerprint density at radius 1 is 1.73 bits per heavy atom. The second-order valence-corrected chi connectivity index (χ2v) is 3.30. The summed E-state index contributed by atoms with van der Waals surface area (Å²) in [6.07, 6.45) is 1.91. The third-order valence-corrected chi connectivity index (χ3v) is 2.50. The van der Waals surface area contributed by atoms with Crippen molar-refractivity contribution in [1.82, 2.24) is 4.90 Å². The van der Waals surface area contributed by atoms with Crippen LogP contribution >= 0.6 is 0 Å². The molecule has 0 aromatic rings. The monoisotopic (exact) mass is 157 g/mol. The van der Waals surface area contributed by atoms with Crippen LogP contribution in [0.25, 0.3) is 0 Å². The van der Waals surface area contributed by atoms with E-state index < -0.39 is 5.97 Å². The lowest BCUT2D eigenvalue weighted by atomic mass is 10.0. The van der Waals surface area contributed by atoms with E-state index in [0.717, 1.165) is 19.4 Å². The lowest BCUT2D eigenvalue weighted by Gasteiger charge is -2.13. The number of nitrogens with zero attached hydrogens (tertiary/aromatic N) is 1. The number of hydrogen-bond donors (Lipinski definition) is 1. The maximum atomic E-state index is 10.6. The molecule has 11 heavy (non-hydrogen) atoms. The maximum absolute atomic E-state index is 10.6. The summed E-state index contributed by atoms with van der Waals surface area (Å²) < 4.78 is 0. The molecule has 0 bridgehead atoms. The molecule has 0 radical (unpaired) electrons. The lowest BCUT2D eigenvalue weighted by molar-refractivity contribution is -0.141. The molecule has 1 aliphatic heterocycles. The van der Waals surface area contributed by atoms with Gasteiger partial charge in [0.05, 0.1) is 0 Å². The summed E-state index contributed by atoms with van der Waals surface area (Å²) in [7, 11) is 1.88. The van der Waals surface area contributed by atoms with Crippen LogP contribution in [0, 0.1) is 5.92 Å². The van der Waals surface area contributed by atoms with E-state index in [1.54, 1.807) is 0 Å². The van der Waals surface area contributed by atoms with E-state index in [1.807, 2.05) is 11.9 Å². The summed E-state index contributed by atoms with van der Waals surface area (Å²) in [5.41, 5.74) is 0. The van der Waals surface area contributed by atoms with Crippen LogP contribution in [0.15, 0.2) is 0 Å². The van der Waals surface area contributed by atoms with Crippen LogP contribution in [0.3, 0.4) is 0 Å². The van der Waals surface area contributed by atoms with Crippen molar-refractivity contribution in [3.05, 3.63) is 0 Å². The van der Waals surface area contributed by atoms with Crippen molar-refractivity contribution in [3.8, 4) is 0 Å². The molecule has 0 amide bonds. The average Bonchev–Trinajstić information content (AvgIpc) is 2.30. The van der Waals surface area contributed by atoms with Gasteiger partial charge >= 0.3 is 5.97 Å². The molecule has 1 aliphatic rings. The molecule has 1 saturated heterocycles. The first-order chi connectivity index (χ1) is 5.15. The molecule has 3 heteroatoms. The van der Waals surface area contributed by atoms with E-state index >= 15 is 0 Å². The Morgan fingerprint density at radius 3 is 2.64 bits per heavy atom. The lowest BCUT2D eigenvalue weighted by Crippen LogP contribution is -2.32. The van der Waals surface area contributed by atoms with Crippen LogP contribution in [-0.4, -0.2) is 35.6 Å². The van der Waals surface area contributed by atoms with E-state index in [1.165, 1.54) is 0 Å². The van der Waals surface area contributed by atoms with Crippen LogP contribution in [0.2, 0.25) is 0 Å². The second-order valence-electron chi connectivity index (χ2n) is 3.30. The third kappa shape index (κ3) is 1.71. The van der Waals surface area contributed by atoms with E-state index in [-0.39, 0.29) is 6.04 Å². The van der Waals surface area contributed by atoms with Crippen LogP contribution < -0.4 is 0 Å². The summed E-state index contributed by atoms with van der Waals surface area (Å²) >= 11 is 0. The minimum Gasteiger partial charge on any atom is -0.480 e. The van der Waals surface area contributed by atoms with Crippen molar-refractivity contribution in [3.63, 3.8) is 0 Å². The Bertz CT molecular complexity index is 158. The first-order valence-electron chi connectivity index (χ1n) is 4.08. The number of aliphatic carboxylic acids is 1. The number of rotatable bonds is 2. The largest absolute Gasteiger partial charge is 0.480 e. The van der Waals surface area contributed by atoms with Crippen molar-refractivity contribution >= 4 is 5.97 Å². The molecule has 0 saturated carbocycles. The minimum absolute atomic E-state index is 0.236. The van der Waals surface area contributed by atoms with Gasteiger partial charge in [-0.05, 0) is 19.4 Å². The SMILES string of the molecule is CC[C@@H]1CC(C(=O)O)N(C)C1. The molecule has 1 unspecified atom stereocenters. The summed E-state index contributed by atoms with van der Waals surface area (Å²) in [5, 5.41) is 8.76. The summed E-state index contributed by atoms with van der Waals surface area (Å²) in [4.78, 5) is 12.6. The first-order valence-corrected chi connectivity index (χ1v) is 4.08. The Labute approximate surface area is 67.0 Å². The topological polar surface area (TPSA) is 40.5 Å². The zero-order valence-electron chi connectivity index (χ0n) is 7.08. The second kappa shape index (κ2) is 3.22. The maximum Gasteiger partial charge on any atom is 0.320 e. The summed E-state index contributed by atoms with van der Waals surface area (Å²) in [6, 6.07) is -0.236. The average molecular weight is 157 g/mol. The fourth-order valence-electron chi connectivity index (χ4n) is 1.69. The first kappa shape index (κ1) is 8.53. The number of carboxylic acid groups (broad SMARTS) is 1. The van der Waals surface area contributed by atoms with Crippen LogP contribution in [0.5, 0.6) is 0 Å². The minimum atomic E-state index is -0.677. The van der Waals surface area contributed by atoms with Crippen LogP contribution in [-0.2, 0) is 4.79 Å². The number of hydrogen-bond acceptors (Lipinski definition) is 2. The van der Waals surface area contributed by atoms with Gasteiger partial charge in [-0.15, -0.1) is 0 Å². The van der Waals surface area contributed by atoms with Gasteiger partial charge in [0.1, 0.15) is 6.04 Å². The van der Waals surface area contributed by atoms with Gasteiger partial charge in [0, 0.05) is 6.54 Å². The molecule has 1 rings (SSSR count). The highest BCUT2D eigenvalue weighted by molar-refractivity contribution is 5.73. The van der Waals surface area contributed by atoms with Gasteiger partial charge in [0.15, 0.2) is 0 Å². The smallest absolute Gasteiger partial charge is 0.320 e. The Morgan fingerprint density at radius 2 is 2.36 bits per heavy atom. The van der Waals surface area contributed by atoms with Crippen molar-refractivity contribution in [2.24, 2.45) is 5.92 Å². The zero-order valence-corrected chi connectivity index (χ0v) is 7.08. The highest BCUT2D eigenvalue weighted by Crippen LogP contribution is 2.23. The molecule has 0 aromatic heterocycles. The Balaban J connectivity index is 2.51. The van der Waals surface area contributed by atoms with Gasteiger partial charge in [0.2, 0.25) is 0 Å². The fourth-order valence-corrected chi connectivity index (χ4v) is 1.69. The predicted molar refractivity (Wildman–Crippen MR) is 42.5 cm³/mol. The van der Waals surface area contributed by atoms with Gasteiger partial charge < -0.3 is 5.11 Å². The van der Waals surface area contributed by atoms with Crippen molar-refractivity contribution < 1.29 is 9.90 Å². The van der Waals surface area contributed by atoms with Crippen molar-refractivity contribution in [2.45, 2.75) is 25.8 Å². The molecule has 1 N–H and O–H groups in total. The molecule has 1 heterocycles. The normalized spacial score (nSPS) is 32.5. The fraction of sp³-hybridized carbons (Fsp3) is 0.875. The third-order valence-electron chi connectivity index (χ3n) is 2.50. The quantitative estimate of drug-likeness (QED) is 0.644. The van der Waals surface area contributed by atoms with E-state index in [0.29, 0.717) is 5.92 Å². The highest BCUT2D eigenvalue weighted by Gasteiger charge is 2.32. The predicted octanol–water partition coefficient (Wildman–Crippen LogP) is 0.801. The van der Waals surface area contributed by atoms with Gasteiger partial charge in [-0.1, -0.05) is 13.3 Å². The van der Waals surface area contributed by atoms with Gasteiger partial charge in [-0.3, -0.25) is 9.69 Å². The number of carbonyl (C=O) groups is 1. The van der Waals surface area contributed by atoms with Gasteiger partial charge in [-0.25, -0.2) is 0 Å². The molecule has 64 valence electrons. The van der Waals surface area contributed by atoms with Crippen LogP contribution in [0.4, 0.5) is 0 Å². The molecular formula is C8H15NO2. The number of carboxylic acids is 1. The van der Waals surface area contributed by atoms with Gasteiger partial charge in [-0.2, -0.15) is 0 Å². The molecular weight excluding hydrogens is 142 g/mol. The number of likely N-dealkylation sites (N-methyl/N-ethyl adjacent to an activating group) is 1. The molecule has 2 atom stereocenters. The van der Waals surface area contributed by atoms with E-state index in [4.69, 9.17) is 5.11 Å². The van der Waals surface area contributed by atoms with E-state index in [9.17, 15) is 4.79 Å². The summed E-state index contributed by atoms with van der Waals surface area (Å²) in [5.74, 6) is -0.0930. The molecule has 0 aliphatic carbocycles. The Hall–Kier alpha value is -0.570. The molecule has 0 aromatic carbocycles. The van der Waals surface area contributed by atoms with Crippen molar-refractivity contribution in [2.75, 3.05) is 13.6 Å². The molecule has 3 nitrogen and oxygen atoms in total. The zero-order chi connectivity index (χ0) is 8.43. The van der Waals surface area contributed by atoms with Gasteiger partial charge in [0.25, 0.3) is 0 Å². The van der Waals surface area contributed by atoms with Crippen LogP contribution in [0.1, 0.15) is 19.8 Å². The molecule has 1 fully saturated rings.